The summed E-state index contributed by atoms with van der Waals surface area (Å²) < 4.78 is 13.5. The van der Waals surface area contributed by atoms with E-state index in [0.29, 0.717) is 0 Å². The summed E-state index contributed by atoms with van der Waals surface area (Å²) >= 11 is 5.71. The third-order valence-electron chi connectivity index (χ3n) is 2.21. The number of nitrogens with one attached hydrogen (secondary N) is 1. The monoisotopic (exact) mass is 268 g/mol. The average molecular weight is 269 g/mol. The van der Waals surface area contributed by atoms with Crippen molar-refractivity contribution in [2.24, 2.45) is 0 Å². The number of halogens is 2. The molecule has 92 valence electrons. The Morgan fingerprint density at radius 2 is 2.17 bits per heavy atom. The van der Waals surface area contributed by atoms with E-state index in [9.17, 15) is 14.0 Å². The zero-order valence-corrected chi connectivity index (χ0v) is 9.53. The summed E-state index contributed by atoms with van der Waals surface area (Å²) in [5.74, 6) is -2.10. The van der Waals surface area contributed by atoms with Gasteiger partial charge in [0.1, 0.15) is 17.2 Å². The second-order valence-electron chi connectivity index (χ2n) is 3.40. The molecular weight excluding hydrogens is 263 g/mol. The van der Waals surface area contributed by atoms with Gasteiger partial charge in [0.2, 0.25) is 0 Å². The third kappa shape index (κ3) is 2.23. The first-order chi connectivity index (χ1) is 8.49. The van der Waals surface area contributed by atoms with E-state index in [4.69, 9.17) is 16.7 Å². The van der Waals surface area contributed by atoms with Crippen LogP contribution in [0.25, 0.3) is 11.4 Å². The molecule has 0 saturated carbocycles. The highest BCUT2D eigenvalue weighted by Crippen LogP contribution is 2.22. The number of hydrogen-bond donors (Lipinski definition) is 2. The van der Waals surface area contributed by atoms with Crippen molar-refractivity contribution in [2.45, 2.75) is 0 Å². The molecule has 5 nitrogen and oxygen atoms in total. The number of aromatic amines is 1. The van der Waals surface area contributed by atoms with Crippen molar-refractivity contribution in [2.75, 3.05) is 0 Å². The lowest BCUT2D eigenvalue weighted by molar-refractivity contribution is 0.0694. The molecule has 1 heterocycles. The van der Waals surface area contributed by atoms with Crippen LogP contribution in [-0.2, 0) is 0 Å². The molecule has 2 aromatic rings. The van der Waals surface area contributed by atoms with Gasteiger partial charge in [0, 0.05) is 11.2 Å². The molecule has 0 atom stereocenters. The van der Waals surface area contributed by atoms with Crippen LogP contribution in [0, 0.1) is 5.82 Å². The molecule has 18 heavy (non-hydrogen) atoms. The third-order valence-corrected chi connectivity index (χ3v) is 2.45. The van der Waals surface area contributed by atoms with Crippen molar-refractivity contribution >= 4 is 17.6 Å². The highest BCUT2D eigenvalue weighted by Gasteiger charge is 2.13. The van der Waals surface area contributed by atoms with Gasteiger partial charge in [0.25, 0.3) is 5.56 Å². The fourth-order valence-electron chi connectivity index (χ4n) is 1.36. The second kappa shape index (κ2) is 4.58. The summed E-state index contributed by atoms with van der Waals surface area (Å²) in [4.78, 5) is 27.9. The van der Waals surface area contributed by atoms with Crippen LogP contribution in [0.2, 0.25) is 5.02 Å². The molecule has 2 rings (SSSR count). The maximum absolute atomic E-state index is 13.5. The van der Waals surface area contributed by atoms with Crippen LogP contribution in [0.15, 0.2) is 29.2 Å². The molecule has 1 aromatic heterocycles. The molecule has 0 fully saturated rings. The molecule has 7 heteroatoms. The van der Waals surface area contributed by atoms with Gasteiger partial charge in [0.15, 0.2) is 0 Å². The summed E-state index contributed by atoms with van der Waals surface area (Å²) in [5, 5.41) is 8.95. The minimum atomic E-state index is -1.40. The first-order valence-electron chi connectivity index (χ1n) is 4.77. The zero-order valence-electron chi connectivity index (χ0n) is 8.78. The first kappa shape index (κ1) is 12.3. The van der Waals surface area contributed by atoms with E-state index in [0.717, 1.165) is 12.3 Å². The van der Waals surface area contributed by atoms with Crippen molar-refractivity contribution in [3.8, 4) is 11.4 Å². The molecule has 2 N–H and O–H groups in total. The number of carboxylic acids is 1. The Labute approximate surface area is 105 Å². The summed E-state index contributed by atoms with van der Waals surface area (Å²) in [6.07, 6.45) is 0.872. The molecule has 0 aliphatic carbocycles. The number of nitrogens with zero attached hydrogens (tertiary/aromatic N) is 1. The predicted octanol–water partition coefficient (Wildman–Crippen LogP) is 1.93. The van der Waals surface area contributed by atoms with Crippen molar-refractivity contribution in [1.29, 1.82) is 0 Å². The lowest BCUT2D eigenvalue weighted by atomic mass is 10.2. The number of benzene rings is 1. The highest BCUT2D eigenvalue weighted by molar-refractivity contribution is 6.30. The maximum atomic E-state index is 13.5. The van der Waals surface area contributed by atoms with Gasteiger partial charge in [-0.05, 0) is 18.2 Å². The summed E-state index contributed by atoms with van der Waals surface area (Å²) in [5.41, 5.74) is -1.37. The lowest BCUT2D eigenvalue weighted by Crippen LogP contribution is -2.18. The standard InChI is InChI=1S/C11H6ClFN2O3/c12-5-1-2-8(13)6(3-5)9-14-4-7(11(17)18)10(16)15-9/h1-4H,(H,17,18)(H,14,15,16). The molecule has 0 unspecified atom stereocenters. The largest absolute Gasteiger partial charge is 0.477 e. The number of aromatic carboxylic acids is 1. The maximum Gasteiger partial charge on any atom is 0.342 e. The van der Waals surface area contributed by atoms with E-state index in [-0.39, 0.29) is 16.4 Å². The van der Waals surface area contributed by atoms with Gasteiger partial charge in [-0.3, -0.25) is 4.79 Å². The molecule has 0 bridgehead atoms. The van der Waals surface area contributed by atoms with Crippen LogP contribution in [-0.4, -0.2) is 21.0 Å². The van der Waals surface area contributed by atoms with Crippen LogP contribution in [0.4, 0.5) is 4.39 Å². The van der Waals surface area contributed by atoms with Gasteiger partial charge in [0.05, 0.1) is 5.56 Å². The second-order valence-corrected chi connectivity index (χ2v) is 3.84. The highest BCUT2D eigenvalue weighted by atomic mass is 35.5. The van der Waals surface area contributed by atoms with E-state index < -0.39 is 22.9 Å². The number of H-pyrrole nitrogens is 1. The summed E-state index contributed by atoms with van der Waals surface area (Å²) in [7, 11) is 0. The van der Waals surface area contributed by atoms with E-state index in [1.54, 1.807) is 0 Å². The average Bonchev–Trinajstić information content (AvgIpc) is 2.31. The van der Waals surface area contributed by atoms with Gasteiger partial charge in [-0.15, -0.1) is 0 Å². The Kier molecular flexibility index (Phi) is 3.12. The molecule has 0 amide bonds. The van der Waals surface area contributed by atoms with Gasteiger partial charge in [-0.1, -0.05) is 11.6 Å². The minimum Gasteiger partial charge on any atom is -0.477 e. The van der Waals surface area contributed by atoms with E-state index in [2.05, 4.69) is 9.97 Å². The van der Waals surface area contributed by atoms with Gasteiger partial charge in [-0.2, -0.15) is 0 Å². The number of carboxylic acid groups (broad SMARTS) is 1. The zero-order chi connectivity index (χ0) is 13.3. The van der Waals surface area contributed by atoms with Crippen LogP contribution >= 0.6 is 11.6 Å². The van der Waals surface area contributed by atoms with Crippen molar-refractivity contribution < 1.29 is 14.3 Å². The smallest absolute Gasteiger partial charge is 0.342 e. The Balaban J connectivity index is 2.59. The van der Waals surface area contributed by atoms with E-state index in [1.807, 2.05) is 0 Å². The Morgan fingerprint density at radius 1 is 1.44 bits per heavy atom. The van der Waals surface area contributed by atoms with Gasteiger partial charge < -0.3 is 10.1 Å². The number of aromatic nitrogens is 2. The topological polar surface area (TPSA) is 83.0 Å². The molecule has 0 radical (unpaired) electrons. The van der Waals surface area contributed by atoms with Gasteiger partial charge >= 0.3 is 5.97 Å². The van der Waals surface area contributed by atoms with Crippen LogP contribution in [0.3, 0.4) is 0 Å². The molecule has 0 aliphatic heterocycles. The van der Waals surface area contributed by atoms with Crippen LogP contribution in [0.1, 0.15) is 10.4 Å². The number of carbonyl (C=O) groups is 1. The first-order valence-corrected chi connectivity index (χ1v) is 5.15. The Bertz CT molecular complexity index is 684. The SMILES string of the molecule is O=C(O)c1cnc(-c2cc(Cl)ccc2F)[nH]c1=O. The molecule has 0 aliphatic rings. The lowest BCUT2D eigenvalue weighted by Gasteiger charge is -2.03. The summed E-state index contributed by atoms with van der Waals surface area (Å²) in [6, 6.07) is 3.77. The van der Waals surface area contributed by atoms with E-state index in [1.165, 1.54) is 12.1 Å². The Hall–Kier alpha value is -2.21. The fourth-order valence-corrected chi connectivity index (χ4v) is 1.54. The van der Waals surface area contributed by atoms with Gasteiger partial charge in [-0.25, -0.2) is 14.2 Å². The summed E-state index contributed by atoms with van der Waals surface area (Å²) in [6.45, 7) is 0. The van der Waals surface area contributed by atoms with E-state index >= 15 is 0 Å². The minimum absolute atomic E-state index is 0.00320. The number of rotatable bonds is 2. The van der Waals surface area contributed by atoms with Crippen LogP contribution in [0.5, 0.6) is 0 Å². The normalized spacial score (nSPS) is 10.3. The fraction of sp³-hybridized carbons (Fsp3) is 0. The molecule has 0 saturated heterocycles. The Morgan fingerprint density at radius 3 is 2.78 bits per heavy atom. The molecular formula is C11H6ClFN2O3. The number of hydrogen-bond acceptors (Lipinski definition) is 3. The van der Waals surface area contributed by atoms with Crippen LogP contribution < -0.4 is 5.56 Å². The molecule has 0 spiro atoms. The molecule has 1 aromatic carbocycles. The predicted molar refractivity (Wildman–Crippen MR) is 62.2 cm³/mol. The van der Waals surface area contributed by atoms with Crippen molar-refractivity contribution in [3.05, 3.63) is 51.2 Å². The van der Waals surface area contributed by atoms with Crippen molar-refractivity contribution in [1.82, 2.24) is 9.97 Å². The van der Waals surface area contributed by atoms with Crippen molar-refractivity contribution in [3.63, 3.8) is 0 Å². The quantitative estimate of drug-likeness (QED) is 0.872.